The Morgan fingerprint density at radius 3 is 2.08 bits per heavy atom. The molecule has 0 saturated heterocycles. The van der Waals surface area contributed by atoms with Crippen molar-refractivity contribution in [2.45, 2.75) is 12.5 Å². The van der Waals surface area contributed by atoms with Crippen LogP contribution in [0.15, 0.2) is 54.1 Å². The molecule has 3 aromatic carbocycles. The van der Waals surface area contributed by atoms with Gasteiger partial charge in [-0.3, -0.25) is 0 Å². The molecule has 2 heterocycles. The highest BCUT2D eigenvalue weighted by Crippen LogP contribution is 2.48. The van der Waals surface area contributed by atoms with Gasteiger partial charge in [-0.25, -0.2) is 4.79 Å². The number of rotatable bonds is 9. The van der Waals surface area contributed by atoms with Crippen LogP contribution >= 0.6 is 0 Å². The maximum absolute atomic E-state index is 13.4. The van der Waals surface area contributed by atoms with Gasteiger partial charge in [0.25, 0.3) is 0 Å². The Balaban J connectivity index is 1.67. The van der Waals surface area contributed by atoms with Gasteiger partial charge in [-0.1, -0.05) is 12.1 Å². The second kappa shape index (κ2) is 10.5. The predicted molar refractivity (Wildman–Crippen MR) is 138 cm³/mol. The van der Waals surface area contributed by atoms with Crippen molar-refractivity contribution in [3.63, 3.8) is 0 Å². The highest BCUT2D eigenvalue weighted by Gasteiger charge is 2.37. The van der Waals surface area contributed by atoms with E-state index in [0.29, 0.717) is 57.8 Å². The molecule has 0 bridgehead atoms. The maximum atomic E-state index is 13.4. The summed E-state index contributed by atoms with van der Waals surface area (Å²) in [4.78, 5) is 13.4. The molecule has 3 aromatic rings. The third-order valence-electron chi connectivity index (χ3n) is 6.55. The Hall–Kier alpha value is -4.53. The van der Waals surface area contributed by atoms with Gasteiger partial charge in [-0.15, -0.1) is 0 Å². The summed E-state index contributed by atoms with van der Waals surface area (Å²) in [6.45, 7) is 0.0748. The fourth-order valence-electron chi connectivity index (χ4n) is 4.76. The third-order valence-corrected chi connectivity index (χ3v) is 6.55. The maximum Gasteiger partial charge on any atom is 0.339 e. The van der Waals surface area contributed by atoms with E-state index in [0.717, 1.165) is 16.7 Å². The van der Waals surface area contributed by atoms with Crippen molar-refractivity contribution >= 4 is 11.5 Å². The van der Waals surface area contributed by atoms with E-state index < -0.39 is 12.1 Å². The van der Waals surface area contributed by atoms with Crippen LogP contribution in [0, 0.1) is 0 Å². The SMILES string of the molecule is COc1ccc(C2OC(=O)C(c3cc(OC)c4c(c3)OCO4)=C2Cc2cc(OC)c(OC)c(OC)c2)cc1. The summed E-state index contributed by atoms with van der Waals surface area (Å²) < 4.78 is 44.6. The minimum atomic E-state index is -0.626. The minimum Gasteiger partial charge on any atom is -0.497 e. The standard InChI is InChI=1S/C29H28O9/c1-31-19-8-6-17(7-9-19)26-20(10-16-11-21(32-2)27(35-5)22(12-16)33-3)25(29(30)38-26)18-13-23(34-4)28-24(14-18)36-15-37-28/h6-9,11-14,26H,10,15H2,1-5H3. The first kappa shape index (κ1) is 25.1. The summed E-state index contributed by atoms with van der Waals surface area (Å²) in [6.07, 6.45) is -0.260. The molecule has 0 aliphatic carbocycles. The second-order valence-corrected chi connectivity index (χ2v) is 8.58. The van der Waals surface area contributed by atoms with Gasteiger partial charge < -0.3 is 37.9 Å². The van der Waals surface area contributed by atoms with Gasteiger partial charge in [0.1, 0.15) is 11.9 Å². The third kappa shape index (κ3) is 4.40. The average Bonchev–Trinajstić information content (AvgIpc) is 3.55. The number of ether oxygens (including phenoxy) is 8. The monoisotopic (exact) mass is 520 g/mol. The zero-order valence-corrected chi connectivity index (χ0v) is 21.8. The van der Waals surface area contributed by atoms with Gasteiger partial charge >= 0.3 is 5.97 Å². The fraction of sp³-hybridized carbons (Fsp3) is 0.276. The zero-order chi connectivity index (χ0) is 26.8. The number of benzene rings is 3. The summed E-state index contributed by atoms with van der Waals surface area (Å²) in [5.41, 5.74) is 3.45. The molecule has 1 unspecified atom stereocenters. The van der Waals surface area contributed by atoms with Gasteiger partial charge in [0.15, 0.2) is 23.0 Å². The van der Waals surface area contributed by atoms with Crippen LogP contribution in [0.1, 0.15) is 22.8 Å². The Kier molecular flexibility index (Phi) is 6.91. The van der Waals surface area contributed by atoms with E-state index in [2.05, 4.69) is 0 Å². The lowest BCUT2D eigenvalue weighted by molar-refractivity contribution is -0.138. The Morgan fingerprint density at radius 1 is 0.789 bits per heavy atom. The zero-order valence-electron chi connectivity index (χ0n) is 21.8. The number of carbonyl (C=O) groups excluding carboxylic acids is 1. The van der Waals surface area contributed by atoms with E-state index in [1.807, 2.05) is 36.4 Å². The van der Waals surface area contributed by atoms with E-state index in [1.165, 1.54) is 0 Å². The first-order valence-corrected chi connectivity index (χ1v) is 11.9. The molecule has 0 spiro atoms. The molecular formula is C29H28O9. The molecule has 9 nitrogen and oxygen atoms in total. The van der Waals surface area contributed by atoms with Crippen LogP contribution in [-0.4, -0.2) is 48.3 Å². The van der Waals surface area contributed by atoms with Crippen LogP contribution in [0.4, 0.5) is 0 Å². The fourth-order valence-corrected chi connectivity index (χ4v) is 4.76. The van der Waals surface area contributed by atoms with Crippen molar-refractivity contribution in [3.8, 4) is 40.2 Å². The topological polar surface area (TPSA) is 90.9 Å². The van der Waals surface area contributed by atoms with Gasteiger partial charge in [0.2, 0.25) is 18.3 Å². The number of hydrogen-bond acceptors (Lipinski definition) is 9. The first-order chi connectivity index (χ1) is 18.5. The summed E-state index contributed by atoms with van der Waals surface area (Å²) in [5, 5.41) is 0. The van der Waals surface area contributed by atoms with Gasteiger partial charge in [0, 0.05) is 0 Å². The number of carbonyl (C=O) groups is 1. The Labute approximate surface area is 220 Å². The smallest absolute Gasteiger partial charge is 0.339 e. The lowest BCUT2D eigenvalue weighted by atomic mass is 9.90. The molecular weight excluding hydrogens is 492 g/mol. The molecule has 1 atom stereocenters. The second-order valence-electron chi connectivity index (χ2n) is 8.58. The number of methoxy groups -OCH3 is 5. The van der Waals surface area contributed by atoms with Gasteiger partial charge in [-0.2, -0.15) is 0 Å². The quantitative estimate of drug-likeness (QED) is 0.371. The first-order valence-electron chi connectivity index (χ1n) is 11.9. The van der Waals surface area contributed by atoms with Crippen molar-refractivity contribution in [2.75, 3.05) is 42.3 Å². The van der Waals surface area contributed by atoms with Crippen molar-refractivity contribution in [1.29, 1.82) is 0 Å². The molecule has 0 N–H and O–H groups in total. The van der Waals surface area contributed by atoms with Crippen LogP contribution in [0.5, 0.6) is 40.2 Å². The van der Waals surface area contributed by atoms with E-state index >= 15 is 0 Å². The van der Waals surface area contributed by atoms with Crippen molar-refractivity contribution in [2.24, 2.45) is 0 Å². The summed E-state index contributed by atoms with van der Waals surface area (Å²) in [7, 11) is 7.82. The van der Waals surface area contributed by atoms with Crippen LogP contribution in [0.3, 0.4) is 0 Å². The number of cyclic esters (lactones) is 1. The molecule has 2 aliphatic rings. The molecule has 38 heavy (non-hydrogen) atoms. The minimum absolute atomic E-state index is 0.0748. The van der Waals surface area contributed by atoms with Gasteiger partial charge in [0.05, 0.1) is 41.1 Å². The highest BCUT2D eigenvalue weighted by molar-refractivity contribution is 6.20. The van der Waals surface area contributed by atoms with E-state index in [1.54, 1.807) is 47.7 Å². The number of esters is 1. The molecule has 198 valence electrons. The molecule has 0 amide bonds. The van der Waals surface area contributed by atoms with Crippen molar-refractivity contribution < 1.29 is 42.7 Å². The average molecular weight is 521 g/mol. The largest absolute Gasteiger partial charge is 0.497 e. The van der Waals surface area contributed by atoms with E-state index in [4.69, 9.17) is 37.9 Å². The van der Waals surface area contributed by atoms with Gasteiger partial charge in [-0.05, 0) is 65.1 Å². The molecule has 0 fully saturated rings. The molecule has 0 aromatic heterocycles. The Morgan fingerprint density at radius 2 is 1.47 bits per heavy atom. The van der Waals surface area contributed by atoms with Crippen LogP contribution in [0.25, 0.3) is 5.57 Å². The summed E-state index contributed by atoms with van der Waals surface area (Å²) in [6, 6.07) is 14.7. The van der Waals surface area contributed by atoms with Crippen LogP contribution in [0.2, 0.25) is 0 Å². The molecule has 5 rings (SSSR count). The molecule has 9 heteroatoms. The number of fused-ring (bicyclic) bond motifs is 1. The van der Waals surface area contributed by atoms with Crippen molar-refractivity contribution in [3.05, 3.63) is 70.8 Å². The summed E-state index contributed by atoms with van der Waals surface area (Å²) in [5.74, 6) is 3.23. The number of hydrogen-bond donors (Lipinski definition) is 0. The lowest BCUT2D eigenvalue weighted by Gasteiger charge is -2.18. The molecule has 0 saturated carbocycles. The van der Waals surface area contributed by atoms with E-state index in [9.17, 15) is 4.79 Å². The Bertz CT molecular complexity index is 1370. The molecule has 0 radical (unpaired) electrons. The normalized spacial score (nSPS) is 15.8. The molecule has 2 aliphatic heterocycles. The predicted octanol–water partition coefficient (Wildman–Crippen LogP) is 4.75. The van der Waals surface area contributed by atoms with Crippen LogP contribution < -0.4 is 33.2 Å². The summed E-state index contributed by atoms with van der Waals surface area (Å²) >= 11 is 0. The van der Waals surface area contributed by atoms with E-state index in [-0.39, 0.29) is 6.79 Å². The van der Waals surface area contributed by atoms with Crippen LogP contribution in [-0.2, 0) is 16.0 Å². The highest BCUT2D eigenvalue weighted by atomic mass is 16.7. The lowest BCUT2D eigenvalue weighted by Crippen LogP contribution is -2.05. The van der Waals surface area contributed by atoms with Crippen molar-refractivity contribution in [1.82, 2.24) is 0 Å².